The molecule has 2 unspecified atom stereocenters. The molecule has 1 N–H and O–H groups in total. The number of aromatic amines is 1. The van der Waals surface area contributed by atoms with E-state index < -0.39 is 20.8 Å². The second-order valence-electron chi connectivity index (χ2n) is 6.48. The van der Waals surface area contributed by atoms with Crippen molar-refractivity contribution in [2.24, 2.45) is 0 Å². The van der Waals surface area contributed by atoms with Gasteiger partial charge in [0.15, 0.2) is 15.4 Å². The summed E-state index contributed by atoms with van der Waals surface area (Å²) in [5, 5.41) is -0.443. The zero-order valence-corrected chi connectivity index (χ0v) is 13.8. The van der Waals surface area contributed by atoms with Gasteiger partial charge in [0.05, 0.1) is 16.5 Å². The van der Waals surface area contributed by atoms with E-state index in [1.165, 1.54) is 0 Å². The molecular formula is C16H18N2O5S. The van der Waals surface area contributed by atoms with Gasteiger partial charge in [0.1, 0.15) is 0 Å². The van der Waals surface area contributed by atoms with E-state index in [1.807, 2.05) is 0 Å². The number of nitrogens with zero attached hydrogens (tertiary/aromatic N) is 1. The molecule has 2 aliphatic rings. The molecule has 0 spiro atoms. The third-order valence-electron chi connectivity index (χ3n) is 5.07. The van der Waals surface area contributed by atoms with Crippen LogP contribution in [0.4, 0.5) is 0 Å². The van der Waals surface area contributed by atoms with E-state index >= 15 is 0 Å². The van der Waals surface area contributed by atoms with Crippen molar-refractivity contribution >= 4 is 26.8 Å². The fraction of sp³-hybridized carbons (Fsp3) is 0.500. The highest BCUT2D eigenvalue weighted by molar-refractivity contribution is 7.92. The third-order valence-corrected chi connectivity index (χ3v) is 7.30. The van der Waals surface area contributed by atoms with Gasteiger partial charge in [0.25, 0.3) is 5.91 Å². The van der Waals surface area contributed by atoms with Crippen molar-refractivity contribution in [3.05, 3.63) is 34.3 Å². The first-order valence-corrected chi connectivity index (χ1v) is 9.83. The van der Waals surface area contributed by atoms with Crippen LogP contribution >= 0.6 is 0 Å². The van der Waals surface area contributed by atoms with Crippen LogP contribution in [0.25, 0.3) is 11.1 Å². The molecule has 1 saturated carbocycles. The molecule has 0 radical (unpaired) electrons. The molecule has 128 valence electrons. The van der Waals surface area contributed by atoms with Crippen molar-refractivity contribution < 1.29 is 17.6 Å². The number of nitrogens with one attached hydrogen (secondary N) is 1. The molecule has 0 bridgehead atoms. The van der Waals surface area contributed by atoms with E-state index in [-0.39, 0.29) is 24.2 Å². The number of hydrogen-bond acceptors (Lipinski definition) is 5. The molecule has 2 heterocycles. The number of carbonyl (C=O) groups is 1. The molecule has 7 nitrogen and oxygen atoms in total. The molecule has 1 saturated heterocycles. The van der Waals surface area contributed by atoms with Crippen LogP contribution in [0.3, 0.4) is 0 Å². The molecule has 1 amide bonds. The Bertz CT molecular complexity index is 958. The van der Waals surface area contributed by atoms with E-state index in [0.29, 0.717) is 23.1 Å². The number of carbonyl (C=O) groups excluding carboxylic acids is 1. The maximum Gasteiger partial charge on any atom is 0.417 e. The minimum absolute atomic E-state index is 0.0185. The SMILES string of the molecule is O=C(c1ccc2oc(=O)[nH]c2c1)N1CCS(=O)(=O)C2CCCCC21. The molecular weight excluding hydrogens is 332 g/mol. The van der Waals surface area contributed by atoms with Crippen molar-refractivity contribution in [3.8, 4) is 0 Å². The molecule has 1 aromatic heterocycles. The minimum atomic E-state index is -3.12. The zero-order chi connectivity index (χ0) is 16.9. The Balaban J connectivity index is 1.68. The fourth-order valence-corrected chi connectivity index (χ4v) is 5.94. The summed E-state index contributed by atoms with van der Waals surface area (Å²) in [6, 6.07) is 4.54. The lowest BCUT2D eigenvalue weighted by Gasteiger charge is -2.43. The topological polar surface area (TPSA) is 100 Å². The maximum atomic E-state index is 12.9. The normalized spacial score (nSPS) is 26.2. The number of fused-ring (bicyclic) bond motifs is 2. The van der Waals surface area contributed by atoms with E-state index in [1.54, 1.807) is 23.1 Å². The highest BCUT2D eigenvalue weighted by Crippen LogP contribution is 2.33. The fourth-order valence-electron chi connectivity index (χ4n) is 3.90. The molecule has 2 fully saturated rings. The van der Waals surface area contributed by atoms with Crippen LogP contribution in [0.15, 0.2) is 27.4 Å². The molecule has 24 heavy (non-hydrogen) atoms. The smallest absolute Gasteiger partial charge is 0.408 e. The molecule has 1 aliphatic heterocycles. The summed E-state index contributed by atoms with van der Waals surface area (Å²) >= 11 is 0. The Kier molecular flexibility index (Phi) is 3.52. The number of aromatic nitrogens is 1. The van der Waals surface area contributed by atoms with E-state index in [4.69, 9.17) is 4.42 Å². The predicted octanol–water partition coefficient (Wildman–Crippen LogP) is 1.30. The lowest BCUT2D eigenvalue weighted by Crippen LogP contribution is -2.57. The van der Waals surface area contributed by atoms with Gasteiger partial charge in [-0.25, -0.2) is 13.2 Å². The Labute approximate surface area is 138 Å². The molecule has 1 aliphatic carbocycles. The standard InChI is InChI=1S/C16H18N2O5S/c19-15(10-5-6-13-11(9-10)17-16(20)23-13)18-7-8-24(21,22)14-4-2-1-3-12(14)18/h5-6,9,12,14H,1-4,7-8H2,(H,17,20). The van der Waals surface area contributed by atoms with Crippen molar-refractivity contribution in [1.29, 1.82) is 0 Å². The summed E-state index contributed by atoms with van der Waals surface area (Å²) < 4.78 is 29.6. The van der Waals surface area contributed by atoms with Gasteiger partial charge in [-0.15, -0.1) is 0 Å². The van der Waals surface area contributed by atoms with Crippen LogP contribution in [0.2, 0.25) is 0 Å². The first-order chi connectivity index (χ1) is 11.5. The summed E-state index contributed by atoms with van der Waals surface area (Å²) in [4.78, 5) is 28.4. The number of oxazole rings is 1. The van der Waals surface area contributed by atoms with Crippen LogP contribution in [0.5, 0.6) is 0 Å². The van der Waals surface area contributed by atoms with Crippen LogP contribution in [0, 0.1) is 0 Å². The predicted molar refractivity (Wildman–Crippen MR) is 87.7 cm³/mol. The first-order valence-electron chi connectivity index (χ1n) is 8.11. The van der Waals surface area contributed by atoms with Gasteiger partial charge in [-0.1, -0.05) is 12.8 Å². The van der Waals surface area contributed by atoms with Crippen molar-refractivity contribution in [2.75, 3.05) is 12.3 Å². The Hall–Kier alpha value is -2.09. The van der Waals surface area contributed by atoms with Gasteiger partial charge in [0.2, 0.25) is 0 Å². The molecule has 2 aromatic rings. The zero-order valence-electron chi connectivity index (χ0n) is 13.0. The molecule has 1 aromatic carbocycles. The van der Waals surface area contributed by atoms with Crippen molar-refractivity contribution in [3.63, 3.8) is 0 Å². The van der Waals surface area contributed by atoms with Gasteiger partial charge in [-0.3, -0.25) is 9.78 Å². The molecule has 4 rings (SSSR count). The average Bonchev–Trinajstić information content (AvgIpc) is 2.93. The van der Waals surface area contributed by atoms with Gasteiger partial charge >= 0.3 is 5.76 Å². The van der Waals surface area contributed by atoms with Gasteiger partial charge in [0, 0.05) is 18.2 Å². The monoisotopic (exact) mass is 350 g/mol. The highest BCUT2D eigenvalue weighted by atomic mass is 32.2. The first kappa shape index (κ1) is 15.4. The number of sulfone groups is 1. The van der Waals surface area contributed by atoms with Crippen LogP contribution < -0.4 is 5.76 Å². The Morgan fingerprint density at radius 1 is 1.25 bits per heavy atom. The number of hydrogen-bond donors (Lipinski definition) is 1. The summed E-state index contributed by atoms with van der Waals surface area (Å²) in [7, 11) is -3.12. The quantitative estimate of drug-likeness (QED) is 0.835. The lowest BCUT2D eigenvalue weighted by atomic mass is 9.92. The van der Waals surface area contributed by atoms with Crippen molar-refractivity contribution in [2.45, 2.75) is 37.0 Å². The van der Waals surface area contributed by atoms with E-state index in [2.05, 4.69) is 4.98 Å². The third kappa shape index (κ3) is 2.45. The van der Waals surface area contributed by atoms with Crippen molar-refractivity contribution in [1.82, 2.24) is 9.88 Å². The van der Waals surface area contributed by atoms with Gasteiger partial charge < -0.3 is 9.32 Å². The summed E-state index contributed by atoms with van der Waals surface area (Å²) in [6.45, 7) is 0.224. The average molecular weight is 350 g/mol. The van der Waals surface area contributed by atoms with Crippen LogP contribution in [-0.4, -0.2) is 47.8 Å². The number of H-pyrrole nitrogens is 1. The molecule has 2 atom stereocenters. The number of rotatable bonds is 1. The van der Waals surface area contributed by atoms with Gasteiger partial charge in [-0.05, 0) is 31.0 Å². The Morgan fingerprint density at radius 3 is 2.88 bits per heavy atom. The number of benzene rings is 1. The lowest BCUT2D eigenvalue weighted by molar-refractivity contribution is 0.0638. The summed E-state index contributed by atoms with van der Waals surface area (Å²) in [5.41, 5.74) is 1.30. The highest BCUT2D eigenvalue weighted by Gasteiger charge is 2.44. The Morgan fingerprint density at radius 2 is 2.04 bits per heavy atom. The second-order valence-corrected chi connectivity index (χ2v) is 8.82. The van der Waals surface area contributed by atoms with Crippen LogP contribution in [0.1, 0.15) is 36.0 Å². The maximum absolute atomic E-state index is 12.9. The molecule has 8 heteroatoms. The second kappa shape index (κ2) is 5.47. The summed E-state index contributed by atoms with van der Waals surface area (Å²) in [5.74, 6) is -0.734. The minimum Gasteiger partial charge on any atom is -0.408 e. The van der Waals surface area contributed by atoms with E-state index in [0.717, 1.165) is 19.3 Å². The van der Waals surface area contributed by atoms with Crippen LogP contribution in [-0.2, 0) is 9.84 Å². The number of amides is 1. The van der Waals surface area contributed by atoms with Gasteiger partial charge in [-0.2, -0.15) is 0 Å². The summed E-state index contributed by atoms with van der Waals surface area (Å²) in [6.07, 6.45) is 3.19. The largest absolute Gasteiger partial charge is 0.417 e. The van der Waals surface area contributed by atoms with E-state index in [9.17, 15) is 18.0 Å².